The number of nitrogens with one attached hydrogen (secondary N) is 1. The van der Waals surface area contributed by atoms with Crippen molar-refractivity contribution >= 4 is 5.65 Å². The predicted octanol–water partition coefficient (Wildman–Crippen LogP) is 1.08. The summed E-state index contributed by atoms with van der Waals surface area (Å²) in [6.45, 7) is 0. The van der Waals surface area contributed by atoms with Crippen LogP contribution in [0.2, 0.25) is 0 Å². The molecule has 0 radical (unpaired) electrons. The van der Waals surface area contributed by atoms with Gasteiger partial charge in [-0.1, -0.05) is 30.3 Å². The van der Waals surface area contributed by atoms with Gasteiger partial charge in [-0.15, -0.1) is 0 Å². The van der Waals surface area contributed by atoms with E-state index in [0.29, 0.717) is 5.65 Å². The molecule has 0 fully saturated rings. The average molecular weight is 212 g/mol. The van der Waals surface area contributed by atoms with Crippen LogP contribution in [0.15, 0.2) is 47.7 Å². The molecule has 3 aromatic rings. The Balaban J connectivity index is 2.34. The van der Waals surface area contributed by atoms with Crippen molar-refractivity contribution in [3.05, 3.63) is 53.3 Å². The molecule has 0 amide bonds. The lowest BCUT2D eigenvalue weighted by Gasteiger charge is -1.96. The van der Waals surface area contributed by atoms with Gasteiger partial charge in [0.15, 0.2) is 5.65 Å². The molecule has 3 rings (SSSR count). The van der Waals surface area contributed by atoms with Crippen LogP contribution < -0.4 is 5.69 Å². The molecule has 0 aliphatic rings. The Morgan fingerprint density at radius 1 is 1.19 bits per heavy atom. The molecule has 1 N–H and O–H groups in total. The first kappa shape index (κ1) is 8.84. The van der Waals surface area contributed by atoms with Crippen molar-refractivity contribution in [2.45, 2.75) is 0 Å². The van der Waals surface area contributed by atoms with Crippen LogP contribution in [0, 0.1) is 0 Å². The van der Waals surface area contributed by atoms with Crippen LogP contribution in [0.25, 0.3) is 16.8 Å². The van der Waals surface area contributed by atoms with Crippen molar-refractivity contribution in [3.8, 4) is 11.1 Å². The third kappa shape index (κ3) is 1.22. The fourth-order valence-electron chi connectivity index (χ4n) is 1.65. The Hall–Kier alpha value is -2.43. The standard InChI is InChI=1S/C11H8N4O/c16-11-13-7-12-10-9(6-14-15(10)11)8-4-2-1-3-5-8/h1-7H,(H,12,13,16). The lowest BCUT2D eigenvalue weighted by Crippen LogP contribution is -2.17. The third-order valence-electron chi connectivity index (χ3n) is 2.40. The highest BCUT2D eigenvalue weighted by Crippen LogP contribution is 2.21. The maximum absolute atomic E-state index is 11.4. The Bertz CT molecular complexity index is 684. The number of hydrogen-bond donors (Lipinski definition) is 1. The second-order valence-electron chi connectivity index (χ2n) is 3.37. The van der Waals surface area contributed by atoms with Crippen molar-refractivity contribution < 1.29 is 0 Å². The van der Waals surface area contributed by atoms with Crippen molar-refractivity contribution in [2.75, 3.05) is 0 Å². The zero-order valence-electron chi connectivity index (χ0n) is 8.29. The minimum Gasteiger partial charge on any atom is -0.296 e. The van der Waals surface area contributed by atoms with Gasteiger partial charge in [-0.3, -0.25) is 4.98 Å². The second kappa shape index (κ2) is 3.30. The van der Waals surface area contributed by atoms with E-state index in [-0.39, 0.29) is 5.69 Å². The zero-order chi connectivity index (χ0) is 11.0. The Morgan fingerprint density at radius 2 is 2.00 bits per heavy atom. The second-order valence-corrected chi connectivity index (χ2v) is 3.37. The van der Waals surface area contributed by atoms with Gasteiger partial charge < -0.3 is 0 Å². The quantitative estimate of drug-likeness (QED) is 0.656. The fourth-order valence-corrected chi connectivity index (χ4v) is 1.65. The fraction of sp³-hybridized carbons (Fsp3) is 0. The summed E-state index contributed by atoms with van der Waals surface area (Å²) in [6.07, 6.45) is 3.03. The molecular formula is C11H8N4O. The van der Waals surface area contributed by atoms with Gasteiger partial charge in [0.05, 0.1) is 12.5 Å². The summed E-state index contributed by atoms with van der Waals surface area (Å²) < 4.78 is 1.25. The van der Waals surface area contributed by atoms with E-state index in [1.54, 1.807) is 6.20 Å². The van der Waals surface area contributed by atoms with Crippen molar-refractivity contribution in [1.29, 1.82) is 0 Å². The molecule has 0 saturated carbocycles. The third-order valence-corrected chi connectivity index (χ3v) is 2.40. The highest BCUT2D eigenvalue weighted by Gasteiger charge is 2.08. The molecule has 2 heterocycles. The summed E-state index contributed by atoms with van der Waals surface area (Å²) >= 11 is 0. The molecule has 0 atom stereocenters. The lowest BCUT2D eigenvalue weighted by molar-refractivity contribution is 0.840. The molecule has 0 bridgehead atoms. The van der Waals surface area contributed by atoms with Crippen LogP contribution in [0.3, 0.4) is 0 Å². The SMILES string of the molecule is O=c1[nH]cnc2c(-c3ccccc3)cnn12. The molecule has 5 heteroatoms. The molecule has 16 heavy (non-hydrogen) atoms. The maximum atomic E-state index is 11.4. The van der Waals surface area contributed by atoms with Gasteiger partial charge >= 0.3 is 5.69 Å². The molecule has 0 unspecified atom stereocenters. The summed E-state index contributed by atoms with van der Waals surface area (Å²) in [6, 6.07) is 9.73. The summed E-state index contributed by atoms with van der Waals surface area (Å²) in [5.41, 5.74) is 2.13. The Kier molecular flexibility index (Phi) is 1.83. The minimum atomic E-state index is -0.285. The number of rotatable bonds is 1. The average Bonchev–Trinajstić information content (AvgIpc) is 2.75. The lowest BCUT2D eigenvalue weighted by atomic mass is 10.1. The number of hydrogen-bond acceptors (Lipinski definition) is 3. The summed E-state index contributed by atoms with van der Waals surface area (Å²) in [5, 5.41) is 4.00. The highest BCUT2D eigenvalue weighted by atomic mass is 16.1. The molecule has 1 aromatic carbocycles. The van der Waals surface area contributed by atoms with E-state index in [0.717, 1.165) is 11.1 Å². The highest BCUT2D eigenvalue weighted by molar-refractivity contribution is 5.76. The van der Waals surface area contributed by atoms with Gasteiger partial charge in [0.1, 0.15) is 0 Å². The molecule has 0 aliphatic carbocycles. The summed E-state index contributed by atoms with van der Waals surface area (Å²) in [7, 11) is 0. The molecule has 0 saturated heterocycles. The first-order chi connectivity index (χ1) is 7.86. The van der Waals surface area contributed by atoms with E-state index >= 15 is 0 Å². The van der Waals surface area contributed by atoms with Crippen LogP contribution in [0.4, 0.5) is 0 Å². The molecule has 78 valence electrons. The number of aromatic nitrogens is 4. The first-order valence-electron chi connectivity index (χ1n) is 4.83. The van der Waals surface area contributed by atoms with E-state index < -0.39 is 0 Å². The van der Waals surface area contributed by atoms with Gasteiger partial charge in [-0.25, -0.2) is 9.78 Å². The van der Waals surface area contributed by atoms with Gasteiger partial charge in [0.25, 0.3) is 0 Å². The number of aromatic amines is 1. The smallest absolute Gasteiger partial charge is 0.296 e. The van der Waals surface area contributed by atoms with E-state index in [1.807, 2.05) is 30.3 Å². The maximum Gasteiger partial charge on any atom is 0.349 e. The van der Waals surface area contributed by atoms with E-state index in [2.05, 4.69) is 15.1 Å². The van der Waals surface area contributed by atoms with Crippen LogP contribution in [0.5, 0.6) is 0 Å². The number of benzene rings is 1. The van der Waals surface area contributed by atoms with Crippen molar-refractivity contribution in [1.82, 2.24) is 19.6 Å². The van der Waals surface area contributed by atoms with E-state index in [9.17, 15) is 4.79 Å². The van der Waals surface area contributed by atoms with Crippen molar-refractivity contribution in [3.63, 3.8) is 0 Å². The first-order valence-corrected chi connectivity index (χ1v) is 4.83. The summed E-state index contributed by atoms with van der Waals surface area (Å²) in [4.78, 5) is 18.0. The minimum absolute atomic E-state index is 0.285. The predicted molar refractivity (Wildman–Crippen MR) is 59.0 cm³/mol. The Morgan fingerprint density at radius 3 is 2.81 bits per heavy atom. The molecule has 0 spiro atoms. The largest absolute Gasteiger partial charge is 0.349 e. The number of nitrogens with zero attached hydrogens (tertiary/aromatic N) is 3. The number of fused-ring (bicyclic) bond motifs is 1. The molecular weight excluding hydrogens is 204 g/mol. The van der Waals surface area contributed by atoms with Gasteiger partial charge in [-0.05, 0) is 5.56 Å². The van der Waals surface area contributed by atoms with Crippen LogP contribution in [-0.2, 0) is 0 Å². The summed E-state index contributed by atoms with van der Waals surface area (Å²) in [5.74, 6) is 0. The molecule has 2 aromatic heterocycles. The van der Waals surface area contributed by atoms with Crippen molar-refractivity contribution in [2.24, 2.45) is 0 Å². The van der Waals surface area contributed by atoms with Crippen LogP contribution >= 0.6 is 0 Å². The van der Waals surface area contributed by atoms with Gasteiger partial charge in [0.2, 0.25) is 0 Å². The monoisotopic (exact) mass is 212 g/mol. The molecule has 5 nitrogen and oxygen atoms in total. The van der Waals surface area contributed by atoms with Gasteiger partial charge in [0, 0.05) is 5.56 Å². The zero-order valence-corrected chi connectivity index (χ0v) is 8.29. The van der Waals surface area contributed by atoms with Gasteiger partial charge in [-0.2, -0.15) is 9.61 Å². The molecule has 0 aliphatic heterocycles. The van der Waals surface area contributed by atoms with E-state index in [4.69, 9.17) is 0 Å². The van der Waals surface area contributed by atoms with Crippen LogP contribution in [0.1, 0.15) is 0 Å². The topological polar surface area (TPSA) is 63.0 Å². The van der Waals surface area contributed by atoms with Crippen LogP contribution in [-0.4, -0.2) is 19.6 Å². The Labute approximate surface area is 90.4 Å². The number of H-pyrrole nitrogens is 1. The van der Waals surface area contributed by atoms with E-state index in [1.165, 1.54) is 10.8 Å². The normalized spacial score (nSPS) is 10.8.